The number of amides is 1. The Morgan fingerprint density at radius 2 is 1.58 bits per heavy atom. The van der Waals surface area contributed by atoms with Gasteiger partial charge in [0.15, 0.2) is 5.69 Å². The summed E-state index contributed by atoms with van der Waals surface area (Å²) in [7, 11) is 2.95. The number of benzene rings is 3. The summed E-state index contributed by atoms with van der Waals surface area (Å²) in [4.78, 5) is 26.3. The van der Waals surface area contributed by atoms with E-state index in [1.807, 2.05) is 6.07 Å². The number of nitrogens with one attached hydrogen (secondary N) is 1. The van der Waals surface area contributed by atoms with Crippen molar-refractivity contribution in [1.82, 2.24) is 9.78 Å². The van der Waals surface area contributed by atoms with Crippen LogP contribution in [0.4, 0.5) is 5.69 Å². The number of carbonyl (C=O) groups excluding carboxylic acids is 1. The zero-order valence-corrected chi connectivity index (χ0v) is 17.5. The van der Waals surface area contributed by atoms with Crippen molar-refractivity contribution in [2.24, 2.45) is 0 Å². The summed E-state index contributed by atoms with van der Waals surface area (Å²) in [6, 6.07) is 18.9. The van der Waals surface area contributed by atoms with Gasteiger partial charge in [-0.2, -0.15) is 9.78 Å². The maximum atomic E-state index is 13.3. The van der Waals surface area contributed by atoms with Crippen LogP contribution in [0.15, 0.2) is 71.5 Å². The van der Waals surface area contributed by atoms with E-state index in [2.05, 4.69) is 10.4 Å². The highest BCUT2D eigenvalue weighted by molar-refractivity contribution is 6.32. The van der Waals surface area contributed by atoms with Crippen LogP contribution in [0.5, 0.6) is 11.5 Å². The van der Waals surface area contributed by atoms with E-state index in [0.717, 1.165) is 0 Å². The standard InChI is InChI=1S/C23H18ClN3O4/c1-30-19-13-18(20(31-2)12-17(19)24)25-22(28)21-15-10-6-7-11-16(15)23(29)27(26-21)14-8-4-3-5-9-14/h3-13H,1-2H3,(H,25,28). The molecule has 0 saturated carbocycles. The van der Waals surface area contributed by atoms with Gasteiger partial charge in [-0.15, -0.1) is 0 Å². The van der Waals surface area contributed by atoms with Crippen LogP contribution in [-0.2, 0) is 0 Å². The number of rotatable bonds is 5. The lowest BCUT2D eigenvalue weighted by Gasteiger charge is -2.14. The largest absolute Gasteiger partial charge is 0.495 e. The first-order valence-electron chi connectivity index (χ1n) is 9.34. The Balaban J connectivity index is 1.86. The van der Waals surface area contributed by atoms with E-state index in [1.165, 1.54) is 18.9 Å². The highest BCUT2D eigenvalue weighted by Crippen LogP contribution is 2.36. The molecule has 4 rings (SSSR count). The Morgan fingerprint density at radius 1 is 0.935 bits per heavy atom. The fraction of sp³-hybridized carbons (Fsp3) is 0.0870. The molecule has 0 fully saturated rings. The van der Waals surface area contributed by atoms with Crippen LogP contribution in [0, 0.1) is 0 Å². The molecule has 1 amide bonds. The SMILES string of the molecule is COc1cc(NC(=O)c2nn(-c3ccccc3)c(=O)c3ccccc23)c(OC)cc1Cl. The first-order valence-corrected chi connectivity index (χ1v) is 9.71. The number of ether oxygens (including phenoxy) is 2. The predicted octanol–water partition coefficient (Wildman–Crippen LogP) is 4.31. The van der Waals surface area contributed by atoms with Gasteiger partial charge in [-0.25, -0.2) is 0 Å². The first kappa shape index (κ1) is 20.4. The molecule has 1 aromatic heterocycles. The van der Waals surface area contributed by atoms with Gasteiger partial charge >= 0.3 is 0 Å². The van der Waals surface area contributed by atoms with Gasteiger partial charge in [0, 0.05) is 17.5 Å². The quantitative estimate of drug-likeness (QED) is 0.505. The van der Waals surface area contributed by atoms with Gasteiger partial charge in [0.1, 0.15) is 11.5 Å². The second-order valence-electron chi connectivity index (χ2n) is 6.59. The first-order chi connectivity index (χ1) is 15.0. The second kappa shape index (κ2) is 8.49. The topological polar surface area (TPSA) is 82.5 Å². The van der Waals surface area contributed by atoms with Crippen LogP contribution < -0.4 is 20.3 Å². The molecule has 0 radical (unpaired) electrons. The highest BCUT2D eigenvalue weighted by atomic mass is 35.5. The van der Waals surface area contributed by atoms with E-state index in [0.29, 0.717) is 38.7 Å². The number of anilines is 1. The number of nitrogens with zero attached hydrogens (tertiary/aromatic N) is 2. The predicted molar refractivity (Wildman–Crippen MR) is 120 cm³/mol. The summed E-state index contributed by atoms with van der Waals surface area (Å²) in [6.45, 7) is 0. The van der Waals surface area contributed by atoms with Crippen LogP contribution >= 0.6 is 11.6 Å². The van der Waals surface area contributed by atoms with Crippen LogP contribution in [0.1, 0.15) is 10.5 Å². The zero-order chi connectivity index (χ0) is 22.0. The van der Waals surface area contributed by atoms with Gasteiger partial charge in [-0.05, 0) is 18.2 Å². The fourth-order valence-corrected chi connectivity index (χ4v) is 3.47. The molecule has 0 unspecified atom stereocenters. The number of aromatic nitrogens is 2. The molecule has 0 aliphatic heterocycles. The lowest BCUT2D eigenvalue weighted by Crippen LogP contribution is -2.26. The number of hydrogen-bond acceptors (Lipinski definition) is 5. The van der Waals surface area contributed by atoms with Crippen LogP contribution in [-0.4, -0.2) is 29.9 Å². The molecule has 0 atom stereocenters. The molecule has 0 aliphatic rings. The molecular formula is C23H18ClN3O4. The summed E-state index contributed by atoms with van der Waals surface area (Å²) >= 11 is 6.15. The molecule has 31 heavy (non-hydrogen) atoms. The monoisotopic (exact) mass is 435 g/mol. The van der Waals surface area contributed by atoms with Gasteiger partial charge in [-0.1, -0.05) is 48.0 Å². The second-order valence-corrected chi connectivity index (χ2v) is 7.00. The number of para-hydroxylation sites is 1. The van der Waals surface area contributed by atoms with E-state index in [-0.39, 0.29) is 11.3 Å². The van der Waals surface area contributed by atoms with Crippen molar-refractivity contribution in [2.45, 2.75) is 0 Å². The molecule has 1 heterocycles. The van der Waals surface area contributed by atoms with Crippen molar-refractivity contribution < 1.29 is 14.3 Å². The molecule has 0 spiro atoms. The lowest BCUT2D eigenvalue weighted by molar-refractivity contribution is 0.102. The summed E-state index contributed by atoms with van der Waals surface area (Å²) in [5, 5.41) is 8.34. The van der Waals surface area contributed by atoms with Crippen LogP contribution in [0.3, 0.4) is 0 Å². The third-order valence-corrected chi connectivity index (χ3v) is 5.04. The Labute approximate surface area is 182 Å². The molecule has 1 N–H and O–H groups in total. The van der Waals surface area contributed by atoms with Crippen molar-refractivity contribution in [3.63, 3.8) is 0 Å². The molecule has 156 valence electrons. The average Bonchev–Trinajstić information content (AvgIpc) is 2.80. The Kier molecular flexibility index (Phi) is 5.60. The van der Waals surface area contributed by atoms with Crippen molar-refractivity contribution >= 4 is 34.0 Å². The van der Waals surface area contributed by atoms with Crippen LogP contribution in [0.25, 0.3) is 16.5 Å². The third-order valence-electron chi connectivity index (χ3n) is 4.74. The molecule has 4 aromatic rings. The zero-order valence-electron chi connectivity index (χ0n) is 16.8. The van der Waals surface area contributed by atoms with Crippen molar-refractivity contribution in [3.05, 3.63) is 87.8 Å². The summed E-state index contributed by atoms with van der Waals surface area (Å²) in [5.41, 5.74) is 0.689. The maximum absolute atomic E-state index is 13.3. The normalized spacial score (nSPS) is 10.7. The van der Waals surface area contributed by atoms with Crippen LogP contribution in [0.2, 0.25) is 5.02 Å². The molecule has 0 saturated heterocycles. The van der Waals surface area contributed by atoms with E-state index >= 15 is 0 Å². The minimum Gasteiger partial charge on any atom is -0.495 e. The number of hydrogen-bond donors (Lipinski definition) is 1. The highest BCUT2D eigenvalue weighted by Gasteiger charge is 2.20. The fourth-order valence-electron chi connectivity index (χ4n) is 3.24. The van der Waals surface area contributed by atoms with Gasteiger partial charge in [0.25, 0.3) is 11.5 Å². The average molecular weight is 436 g/mol. The minimum absolute atomic E-state index is 0.0926. The molecule has 3 aromatic carbocycles. The Bertz CT molecular complexity index is 1340. The lowest BCUT2D eigenvalue weighted by atomic mass is 10.1. The number of fused-ring (bicyclic) bond motifs is 1. The molecule has 0 aliphatic carbocycles. The van der Waals surface area contributed by atoms with Crippen molar-refractivity contribution in [2.75, 3.05) is 19.5 Å². The van der Waals surface area contributed by atoms with E-state index in [9.17, 15) is 9.59 Å². The minimum atomic E-state index is -0.511. The summed E-state index contributed by atoms with van der Waals surface area (Å²) in [5.74, 6) is 0.230. The van der Waals surface area contributed by atoms with E-state index in [1.54, 1.807) is 60.7 Å². The van der Waals surface area contributed by atoms with Gasteiger partial charge in [0.2, 0.25) is 0 Å². The third kappa shape index (κ3) is 3.83. The van der Waals surface area contributed by atoms with Gasteiger partial charge in [-0.3, -0.25) is 9.59 Å². The van der Waals surface area contributed by atoms with Gasteiger partial charge in [0.05, 0.1) is 36.0 Å². The maximum Gasteiger partial charge on any atom is 0.279 e. The molecule has 8 heteroatoms. The Morgan fingerprint density at radius 3 is 2.26 bits per heavy atom. The van der Waals surface area contributed by atoms with E-state index < -0.39 is 5.91 Å². The Hall–Kier alpha value is -3.84. The van der Waals surface area contributed by atoms with E-state index in [4.69, 9.17) is 21.1 Å². The smallest absolute Gasteiger partial charge is 0.279 e. The number of methoxy groups -OCH3 is 2. The molecular weight excluding hydrogens is 418 g/mol. The molecule has 0 bridgehead atoms. The number of halogens is 1. The summed E-state index contributed by atoms with van der Waals surface area (Å²) < 4.78 is 11.8. The number of carbonyl (C=O) groups is 1. The van der Waals surface area contributed by atoms with Crippen molar-refractivity contribution in [3.8, 4) is 17.2 Å². The summed E-state index contributed by atoms with van der Waals surface area (Å²) in [6.07, 6.45) is 0. The molecule has 7 nitrogen and oxygen atoms in total. The van der Waals surface area contributed by atoms with Gasteiger partial charge < -0.3 is 14.8 Å². The van der Waals surface area contributed by atoms with Crippen molar-refractivity contribution in [1.29, 1.82) is 0 Å².